The standard InChI is InChI=1S/C36H20O3/c1-3-9-23-17-29-25(15-21(23)7-1)27(31-11-5-13-37-31)19-33-35(29)36-30-18-24-10-4-2-8-22(24)16-26(30)28(20-34(36)39-33)32-12-6-14-38-32/h1-20H. The van der Waals surface area contributed by atoms with Gasteiger partial charge in [0, 0.05) is 21.9 Å². The van der Waals surface area contributed by atoms with Gasteiger partial charge in [-0.1, -0.05) is 48.5 Å². The Morgan fingerprint density at radius 1 is 0.385 bits per heavy atom. The predicted octanol–water partition coefficient (Wildman–Crippen LogP) is 10.7. The maximum Gasteiger partial charge on any atom is 0.136 e. The van der Waals surface area contributed by atoms with Gasteiger partial charge in [0.2, 0.25) is 0 Å². The Morgan fingerprint density at radius 2 is 0.795 bits per heavy atom. The van der Waals surface area contributed by atoms with Crippen LogP contribution in [0.3, 0.4) is 0 Å². The summed E-state index contributed by atoms with van der Waals surface area (Å²) in [6.45, 7) is 0. The molecule has 0 N–H and O–H groups in total. The molecule has 182 valence electrons. The quantitative estimate of drug-likeness (QED) is 0.222. The van der Waals surface area contributed by atoms with Crippen molar-refractivity contribution in [1.82, 2.24) is 0 Å². The topological polar surface area (TPSA) is 39.4 Å². The Labute approximate surface area is 222 Å². The van der Waals surface area contributed by atoms with E-state index in [0.717, 1.165) is 66.1 Å². The van der Waals surface area contributed by atoms with Crippen LogP contribution in [0, 0.1) is 0 Å². The van der Waals surface area contributed by atoms with Crippen LogP contribution in [-0.4, -0.2) is 0 Å². The molecule has 0 spiro atoms. The molecule has 3 heterocycles. The highest BCUT2D eigenvalue weighted by atomic mass is 16.3. The number of benzene rings is 6. The molecule has 0 atom stereocenters. The second kappa shape index (κ2) is 7.62. The Balaban J connectivity index is 1.54. The molecular formula is C36H20O3. The zero-order chi connectivity index (χ0) is 25.5. The van der Waals surface area contributed by atoms with Gasteiger partial charge >= 0.3 is 0 Å². The fraction of sp³-hybridized carbons (Fsp3) is 0. The summed E-state index contributed by atoms with van der Waals surface area (Å²) in [6.07, 6.45) is 3.44. The van der Waals surface area contributed by atoms with Crippen molar-refractivity contribution >= 4 is 65.0 Å². The van der Waals surface area contributed by atoms with Crippen molar-refractivity contribution < 1.29 is 13.3 Å². The summed E-state index contributed by atoms with van der Waals surface area (Å²) in [4.78, 5) is 0. The van der Waals surface area contributed by atoms with Crippen LogP contribution >= 0.6 is 0 Å². The van der Waals surface area contributed by atoms with Gasteiger partial charge in [0.1, 0.15) is 22.7 Å². The predicted molar refractivity (Wildman–Crippen MR) is 159 cm³/mol. The van der Waals surface area contributed by atoms with E-state index in [2.05, 4.69) is 84.9 Å². The molecule has 0 fully saturated rings. The summed E-state index contributed by atoms with van der Waals surface area (Å²) < 4.78 is 18.5. The molecule has 3 nitrogen and oxygen atoms in total. The van der Waals surface area contributed by atoms with Gasteiger partial charge in [0.15, 0.2) is 0 Å². The highest BCUT2D eigenvalue weighted by molar-refractivity contribution is 6.31. The van der Waals surface area contributed by atoms with Gasteiger partial charge in [0.25, 0.3) is 0 Å². The summed E-state index contributed by atoms with van der Waals surface area (Å²) in [5.41, 5.74) is 3.72. The van der Waals surface area contributed by atoms with Gasteiger partial charge in [-0.25, -0.2) is 0 Å². The minimum Gasteiger partial charge on any atom is -0.464 e. The highest BCUT2D eigenvalue weighted by Gasteiger charge is 2.21. The lowest BCUT2D eigenvalue weighted by Crippen LogP contribution is -1.85. The second-order valence-electron chi connectivity index (χ2n) is 10.1. The summed E-state index contributed by atoms with van der Waals surface area (Å²) in [6, 6.07) is 38.3. The first-order valence-electron chi connectivity index (χ1n) is 13.1. The lowest BCUT2D eigenvalue weighted by atomic mass is 9.91. The van der Waals surface area contributed by atoms with Gasteiger partial charge in [-0.05, 0) is 104 Å². The van der Waals surface area contributed by atoms with Gasteiger partial charge in [-0.15, -0.1) is 0 Å². The normalized spacial score (nSPS) is 12.1. The van der Waals surface area contributed by atoms with E-state index in [-0.39, 0.29) is 0 Å². The third-order valence-electron chi connectivity index (χ3n) is 7.98. The molecule has 9 rings (SSSR count). The highest BCUT2D eigenvalue weighted by Crippen LogP contribution is 2.46. The van der Waals surface area contributed by atoms with Crippen molar-refractivity contribution in [2.24, 2.45) is 0 Å². The Morgan fingerprint density at radius 3 is 1.18 bits per heavy atom. The fourth-order valence-electron chi connectivity index (χ4n) is 6.23. The van der Waals surface area contributed by atoms with E-state index in [0.29, 0.717) is 0 Å². The van der Waals surface area contributed by atoms with E-state index in [1.807, 2.05) is 24.3 Å². The number of rotatable bonds is 2. The van der Waals surface area contributed by atoms with E-state index in [4.69, 9.17) is 13.3 Å². The minimum atomic E-state index is 0.824. The summed E-state index contributed by atoms with van der Waals surface area (Å²) in [5.74, 6) is 1.65. The molecule has 0 unspecified atom stereocenters. The maximum atomic E-state index is 6.69. The van der Waals surface area contributed by atoms with Crippen LogP contribution in [0.4, 0.5) is 0 Å². The number of furan rings is 3. The molecule has 3 aromatic heterocycles. The molecular weight excluding hydrogens is 480 g/mol. The smallest absolute Gasteiger partial charge is 0.136 e. The first-order chi connectivity index (χ1) is 19.3. The van der Waals surface area contributed by atoms with Crippen molar-refractivity contribution in [3.63, 3.8) is 0 Å². The Bertz CT molecular complexity index is 2200. The molecule has 0 aliphatic carbocycles. The van der Waals surface area contributed by atoms with Crippen LogP contribution < -0.4 is 0 Å². The molecule has 6 aromatic carbocycles. The van der Waals surface area contributed by atoms with Crippen molar-refractivity contribution in [2.45, 2.75) is 0 Å². The molecule has 0 amide bonds. The molecule has 0 saturated heterocycles. The zero-order valence-corrected chi connectivity index (χ0v) is 20.8. The lowest BCUT2D eigenvalue weighted by Gasteiger charge is -2.11. The Kier molecular flexibility index (Phi) is 4.05. The molecule has 0 aliphatic heterocycles. The molecule has 39 heavy (non-hydrogen) atoms. The summed E-state index contributed by atoms with van der Waals surface area (Å²) in [5, 5.41) is 11.6. The summed E-state index contributed by atoms with van der Waals surface area (Å²) >= 11 is 0. The van der Waals surface area contributed by atoms with E-state index in [1.54, 1.807) is 12.5 Å². The van der Waals surface area contributed by atoms with Crippen LogP contribution in [0.1, 0.15) is 0 Å². The number of hydrogen-bond donors (Lipinski definition) is 0. The molecule has 9 aromatic rings. The van der Waals surface area contributed by atoms with Crippen molar-refractivity contribution in [3.05, 3.63) is 122 Å². The van der Waals surface area contributed by atoms with Crippen molar-refractivity contribution in [1.29, 1.82) is 0 Å². The van der Waals surface area contributed by atoms with Gasteiger partial charge < -0.3 is 13.3 Å². The fourth-order valence-corrected chi connectivity index (χ4v) is 6.23. The summed E-state index contributed by atoms with van der Waals surface area (Å²) in [7, 11) is 0. The second-order valence-corrected chi connectivity index (χ2v) is 10.1. The zero-order valence-electron chi connectivity index (χ0n) is 20.8. The van der Waals surface area contributed by atoms with E-state index in [9.17, 15) is 0 Å². The van der Waals surface area contributed by atoms with Crippen molar-refractivity contribution in [2.75, 3.05) is 0 Å². The van der Waals surface area contributed by atoms with Crippen LogP contribution in [0.15, 0.2) is 135 Å². The van der Waals surface area contributed by atoms with Crippen LogP contribution in [0.2, 0.25) is 0 Å². The van der Waals surface area contributed by atoms with Gasteiger partial charge in [-0.3, -0.25) is 0 Å². The van der Waals surface area contributed by atoms with Crippen molar-refractivity contribution in [3.8, 4) is 22.6 Å². The average Bonchev–Trinajstić information content (AvgIpc) is 3.75. The lowest BCUT2D eigenvalue weighted by molar-refractivity contribution is 0.582. The number of hydrogen-bond acceptors (Lipinski definition) is 3. The van der Waals surface area contributed by atoms with Crippen LogP contribution in [0.5, 0.6) is 0 Å². The van der Waals surface area contributed by atoms with E-state index in [1.165, 1.54) is 21.5 Å². The van der Waals surface area contributed by atoms with Gasteiger partial charge in [0.05, 0.1) is 12.5 Å². The SMILES string of the molecule is c1coc(-c2cc3oc4cc(-c5ccco5)c5cc6ccccc6cc5c4c3c3cc4ccccc4cc23)c1. The third-order valence-corrected chi connectivity index (χ3v) is 7.98. The molecule has 0 bridgehead atoms. The molecule has 0 aliphatic rings. The van der Waals surface area contributed by atoms with Gasteiger partial charge in [-0.2, -0.15) is 0 Å². The molecule has 3 heteroatoms. The first kappa shape index (κ1) is 20.7. The number of fused-ring (bicyclic) bond motifs is 9. The maximum absolute atomic E-state index is 6.69. The van der Waals surface area contributed by atoms with E-state index >= 15 is 0 Å². The minimum absolute atomic E-state index is 0.824. The van der Waals surface area contributed by atoms with Crippen LogP contribution in [0.25, 0.3) is 87.7 Å². The first-order valence-corrected chi connectivity index (χ1v) is 13.1. The Hall–Kier alpha value is -5.28. The average molecular weight is 501 g/mol. The molecule has 0 radical (unpaired) electrons. The molecule has 0 saturated carbocycles. The largest absolute Gasteiger partial charge is 0.464 e. The monoisotopic (exact) mass is 500 g/mol. The van der Waals surface area contributed by atoms with E-state index < -0.39 is 0 Å². The van der Waals surface area contributed by atoms with Crippen LogP contribution in [-0.2, 0) is 0 Å². The third kappa shape index (κ3) is 2.93.